The van der Waals surface area contributed by atoms with Crippen molar-refractivity contribution in [3.05, 3.63) is 59.8 Å². The van der Waals surface area contributed by atoms with Crippen molar-refractivity contribution in [2.75, 3.05) is 18.0 Å². The summed E-state index contributed by atoms with van der Waals surface area (Å²) in [6.07, 6.45) is 4.48. The van der Waals surface area contributed by atoms with E-state index in [9.17, 15) is 0 Å². The zero-order chi connectivity index (χ0) is 14.9. The van der Waals surface area contributed by atoms with E-state index in [1.807, 2.05) is 24.4 Å². The molecule has 0 saturated carbocycles. The zero-order valence-corrected chi connectivity index (χ0v) is 13.1. The molecule has 4 rings (SSSR count). The molecular weight excluding hydrogens is 292 g/mol. The van der Waals surface area contributed by atoms with E-state index in [0.717, 1.165) is 34.8 Å². The minimum absolute atomic E-state index is 0.761. The Hall–Kier alpha value is -2.06. The summed E-state index contributed by atoms with van der Waals surface area (Å²) in [5.74, 6) is 0. The van der Waals surface area contributed by atoms with E-state index in [0.29, 0.717) is 0 Å². The summed E-state index contributed by atoms with van der Waals surface area (Å²) in [4.78, 5) is 7.02. The number of nitrogens with zero attached hydrogens (tertiary/aromatic N) is 2. The van der Waals surface area contributed by atoms with E-state index in [4.69, 9.17) is 11.6 Å². The van der Waals surface area contributed by atoms with Crippen LogP contribution in [0.2, 0.25) is 5.02 Å². The second-order valence-corrected chi connectivity index (χ2v) is 6.20. The molecular formula is C19H17ClN2. The standard InChI is InChI=1S/C19H17ClN2/c20-16-5-3-4-14(12-16)15-6-7-17-18(13-15)21-9-8-19(17)22-10-1-2-11-22/h3-9,12-13H,1-2,10-11H2. The number of fused-ring (bicyclic) bond motifs is 1. The van der Waals surface area contributed by atoms with Crippen molar-refractivity contribution in [3.63, 3.8) is 0 Å². The third kappa shape index (κ3) is 2.44. The lowest BCUT2D eigenvalue weighted by molar-refractivity contribution is 0.949. The Morgan fingerprint density at radius 2 is 1.73 bits per heavy atom. The minimum atomic E-state index is 0.761. The number of hydrogen-bond acceptors (Lipinski definition) is 2. The van der Waals surface area contributed by atoms with Gasteiger partial charge in [-0.25, -0.2) is 0 Å². The highest BCUT2D eigenvalue weighted by Crippen LogP contribution is 2.31. The molecule has 1 saturated heterocycles. The van der Waals surface area contributed by atoms with E-state index >= 15 is 0 Å². The number of pyridine rings is 1. The number of rotatable bonds is 2. The van der Waals surface area contributed by atoms with E-state index in [2.05, 4.69) is 40.2 Å². The van der Waals surface area contributed by atoms with E-state index in [1.165, 1.54) is 23.9 Å². The first-order valence-corrected chi connectivity index (χ1v) is 8.09. The zero-order valence-electron chi connectivity index (χ0n) is 12.3. The molecule has 1 aliphatic heterocycles. The monoisotopic (exact) mass is 308 g/mol. The molecule has 0 aliphatic carbocycles. The molecule has 0 radical (unpaired) electrons. The van der Waals surface area contributed by atoms with Crippen LogP contribution in [0.5, 0.6) is 0 Å². The van der Waals surface area contributed by atoms with Gasteiger partial charge in [-0.2, -0.15) is 0 Å². The van der Waals surface area contributed by atoms with Crippen LogP contribution in [0, 0.1) is 0 Å². The Morgan fingerprint density at radius 3 is 2.55 bits per heavy atom. The average Bonchev–Trinajstić information content (AvgIpc) is 3.08. The van der Waals surface area contributed by atoms with Gasteiger partial charge in [0, 0.05) is 35.4 Å². The molecule has 1 fully saturated rings. The van der Waals surface area contributed by atoms with Crippen LogP contribution >= 0.6 is 11.6 Å². The normalized spacial score (nSPS) is 14.7. The van der Waals surface area contributed by atoms with Crippen LogP contribution in [0.4, 0.5) is 5.69 Å². The third-order valence-corrected chi connectivity index (χ3v) is 4.56. The molecule has 110 valence electrons. The molecule has 0 unspecified atom stereocenters. The van der Waals surface area contributed by atoms with E-state index in [-0.39, 0.29) is 0 Å². The van der Waals surface area contributed by atoms with Crippen LogP contribution in [0.3, 0.4) is 0 Å². The first kappa shape index (κ1) is 13.6. The molecule has 3 heteroatoms. The molecule has 3 aromatic rings. The number of halogens is 1. The molecule has 0 bridgehead atoms. The van der Waals surface area contributed by atoms with Crippen LogP contribution in [0.15, 0.2) is 54.7 Å². The van der Waals surface area contributed by atoms with Gasteiger partial charge in [-0.15, -0.1) is 0 Å². The fraction of sp³-hybridized carbons (Fsp3) is 0.211. The molecule has 2 heterocycles. The van der Waals surface area contributed by atoms with Crippen molar-refractivity contribution in [3.8, 4) is 11.1 Å². The molecule has 22 heavy (non-hydrogen) atoms. The highest BCUT2D eigenvalue weighted by molar-refractivity contribution is 6.30. The molecule has 0 atom stereocenters. The maximum Gasteiger partial charge on any atom is 0.0728 e. The topological polar surface area (TPSA) is 16.1 Å². The van der Waals surface area contributed by atoms with Gasteiger partial charge in [0.1, 0.15) is 0 Å². The first-order chi connectivity index (χ1) is 10.8. The summed E-state index contributed by atoms with van der Waals surface area (Å²) in [5, 5.41) is 1.99. The summed E-state index contributed by atoms with van der Waals surface area (Å²) < 4.78 is 0. The SMILES string of the molecule is Clc1cccc(-c2ccc3c(N4CCCC4)ccnc3c2)c1. The Balaban J connectivity index is 1.81. The maximum atomic E-state index is 6.10. The van der Waals surface area contributed by atoms with Crippen molar-refractivity contribution >= 4 is 28.2 Å². The quantitative estimate of drug-likeness (QED) is 0.650. The average molecular weight is 309 g/mol. The number of aromatic nitrogens is 1. The van der Waals surface area contributed by atoms with E-state index in [1.54, 1.807) is 0 Å². The van der Waals surface area contributed by atoms with Crippen LogP contribution in [0.25, 0.3) is 22.0 Å². The largest absolute Gasteiger partial charge is 0.371 e. The number of hydrogen-bond donors (Lipinski definition) is 0. The molecule has 0 N–H and O–H groups in total. The van der Waals surface area contributed by atoms with Crippen molar-refractivity contribution in [1.29, 1.82) is 0 Å². The summed E-state index contributed by atoms with van der Waals surface area (Å²) in [6.45, 7) is 2.30. The van der Waals surface area contributed by atoms with Crippen LogP contribution in [0.1, 0.15) is 12.8 Å². The second kappa shape index (κ2) is 5.62. The molecule has 1 aromatic heterocycles. The van der Waals surface area contributed by atoms with Gasteiger partial charge in [-0.1, -0.05) is 35.9 Å². The summed E-state index contributed by atoms with van der Waals surface area (Å²) in [7, 11) is 0. The minimum Gasteiger partial charge on any atom is -0.371 e. The van der Waals surface area contributed by atoms with E-state index < -0.39 is 0 Å². The fourth-order valence-electron chi connectivity index (χ4n) is 3.21. The lowest BCUT2D eigenvalue weighted by atomic mass is 10.0. The Bertz CT molecular complexity index is 823. The predicted molar refractivity (Wildman–Crippen MR) is 93.6 cm³/mol. The lowest BCUT2D eigenvalue weighted by Gasteiger charge is -2.19. The van der Waals surface area contributed by atoms with Crippen LogP contribution in [-0.2, 0) is 0 Å². The lowest BCUT2D eigenvalue weighted by Crippen LogP contribution is -2.17. The third-order valence-electron chi connectivity index (χ3n) is 4.32. The Kier molecular flexibility index (Phi) is 3.47. The molecule has 0 spiro atoms. The summed E-state index contributed by atoms with van der Waals surface area (Å²) >= 11 is 6.10. The van der Waals surface area contributed by atoms with Gasteiger partial charge in [0.2, 0.25) is 0 Å². The van der Waals surface area contributed by atoms with Gasteiger partial charge in [0.15, 0.2) is 0 Å². The predicted octanol–water partition coefficient (Wildman–Crippen LogP) is 5.16. The van der Waals surface area contributed by atoms with Gasteiger partial charge in [-0.3, -0.25) is 4.98 Å². The first-order valence-electron chi connectivity index (χ1n) is 7.71. The summed E-state index contributed by atoms with van der Waals surface area (Å²) in [6, 6.07) is 16.6. The van der Waals surface area contributed by atoms with Crippen molar-refractivity contribution in [2.45, 2.75) is 12.8 Å². The second-order valence-electron chi connectivity index (χ2n) is 5.77. The number of benzene rings is 2. The van der Waals surface area contributed by atoms with Gasteiger partial charge in [0.05, 0.1) is 5.52 Å². The fourth-order valence-corrected chi connectivity index (χ4v) is 3.40. The number of anilines is 1. The smallest absolute Gasteiger partial charge is 0.0728 e. The van der Waals surface area contributed by atoms with Crippen LogP contribution < -0.4 is 4.90 Å². The van der Waals surface area contributed by atoms with Crippen molar-refractivity contribution in [2.24, 2.45) is 0 Å². The van der Waals surface area contributed by atoms with Crippen molar-refractivity contribution < 1.29 is 0 Å². The molecule has 2 nitrogen and oxygen atoms in total. The van der Waals surface area contributed by atoms with Gasteiger partial charge < -0.3 is 4.90 Å². The highest BCUT2D eigenvalue weighted by atomic mass is 35.5. The van der Waals surface area contributed by atoms with Crippen molar-refractivity contribution in [1.82, 2.24) is 4.98 Å². The molecule has 0 amide bonds. The van der Waals surface area contributed by atoms with Gasteiger partial charge in [-0.05, 0) is 48.2 Å². The highest BCUT2D eigenvalue weighted by Gasteiger charge is 2.15. The van der Waals surface area contributed by atoms with Gasteiger partial charge in [0.25, 0.3) is 0 Å². The van der Waals surface area contributed by atoms with Crippen LogP contribution in [-0.4, -0.2) is 18.1 Å². The molecule has 1 aliphatic rings. The maximum absolute atomic E-state index is 6.10. The Morgan fingerprint density at radius 1 is 0.909 bits per heavy atom. The molecule has 2 aromatic carbocycles. The summed E-state index contributed by atoms with van der Waals surface area (Å²) in [5.41, 5.74) is 4.63. The van der Waals surface area contributed by atoms with Gasteiger partial charge >= 0.3 is 0 Å². The Labute approximate surface area is 135 Å².